The SMILES string of the molecule is CNC(=O)C1CC2c3ccncc3OC2C1c1ccccc1. The largest absolute Gasteiger partial charge is 0.487 e. The highest BCUT2D eigenvalue weighted by molar-refractivity contribution is 5.80. The first-order valence-corrected chi connectivity index (χ1v) is 7.66. The minimum atomic E-state index is -0.0521. The van der Waals surface area contributed by atoms with Crippen LogP contribution in [0.15, 0.2) is 48.8 Å². The molecule has 0 bridgehead atoms. The number of rotatable bonds is 2. The zero-order valence-corrected chi connectivity index (χ0v) is 12.4. The van der Waals surface area contributed by atoms with Crippen molar-refractivity contribution in [1.82, 2.24) is 10.3 Å². The fraction of sp³-hybridized carbons (Fsp3) is 0.333. The van der Waals surface area contributed by atoms with Gasteiger partial charge in [0, 0.05) is 36.6 Å². The summed E-state index contributed by atoms with van der Waals surface area (Å²) in [5.41, 5.74) is 2.36. The monoisotopic (exact) mass is 294 g/mol. The molecule has 4 nitrogen and oxygen atoms in total. The molecule has 1 saturated carbocycles. The summed E-state index contributed by atoms with van der Waals surface area (Å²) in [7, 11) is 1.71. The molecule has 2 aromatic rings. The van der Waals surface area contributed by atoms with E-state index in [-0.39, 0.29) is 29.8 Å². The minimum absolute atomic E-state index is 0.0175. The van der Waals surface area contributed by atoms with Gasteiger partial charge in [-0.3, -0.25) is 9.78 Å². The Balaban J connectivity index is 1.76. The smallest absolute Gasteiger partial charge is 0.223 e. The van der Waals surface area contributed by atoms with Gasteiger partial charge in [-0.1, -0.05) is 30.3 Å². The van der Waals surface area contributed by atoms with Gasteiger partial charge < -0.3 is 10.1 Å². The Labute approximate surface area is 129 Å². The van der Waals surface area contributed by atoms with Gasteiger partial charge >= 0.3 is 0 Å². The van der Waals surface area contributed by atoms with Crippen molar-refractivity contribution < 1.29 is 9.53 Å². The highest BCUT2D eigenvalue weighted by Gasteiger charge is 2.52. The summed E-state index contributed by atoms with van der Waals surface area (Å²) in [5, 5.41) is 2.81. The van der Waals surface area contributed by atoms with Crippen LogP contribution in [0, 0.1) is 5.92 Å². The number of carbonyl (C=O) groups is 1. The fourth-order valence-electron chi connectivity index (χ4n) is 3.99. The molecule has 1 aliphatic carbocycles. The van der Waals surface area contributed by atoms with Crippen molar-refractivity contribution in [3.8, 4) is 5.75 Å². The second-order valence-corrected chi connectivity index (χ2v) is 6.00. The third-order valence-electron chi connectivity index (χ3n) is 4.94. The number of aromatic nitrogens is 1. The van der Waals surface area contributed by atoms with Crippen LogP contribution in [-0.2, 0) is 4.79 Å². The predicted octanol–water partition coefficient (Wildman–Crippen LogP) is 2.48. The van der Waals surface area contributed by atoms with E-state index in [1.807, 2.05) is 24.3 Å². The standard InChI is InChI=1S/C18H18N2O2/c1-19-18(21)14-9-13-12-7-8-20-10-15(12)22-17(13)16(14)11-5-3-2-4-6-11/h2-8,10,13-14,16-17H,9H2,1H3,(H,19,21). The number of amides is 1. The molecule has 4 atom stereocenters. The van der Waals surface area contributed by atoms with Crippen molar-refractivity contribution >= 4 is 5.91 Å². The lowest BCUT2D eigenvalue weighted by molar-refractivity contribution is -0.125. The van der Waals surface area contributed by atoms with Crippen LogP contribution in [0.2, 0.25) is 0 Å². The van der Waals surface area contributed by atoms with Crippen molar-refractivity contribution in [2.75, 3.05) is 7.05 Å². The average Bonchev–Trinajstić information content (AvgIpc) is 3.10. The molecule has 1 fully saturated rings. The van der Waals surface area contributed by atoms with Crippen molar-refractivity contribution in [3.63, 3.8) is 0 Å². The molecule has 2 heterocycles. The molecular formula is C18H18N2O2. The number of nitrogens with zero attached hydrogens (tertiary/aromatic N) is 1. The molecule has 0 spiro atoms. The molecule has 1 aromatic heterocycles. The van der Waals surface area contributed by atoms with Crippen molar-refractivity contribution in [2.45, 2.75) is 24.4 Å². The molecule has 112 valence electrons. The summed E-state index contributed by atoms with van der Waals surface area (Å²) in [5.74, 6) is 1.27. The second kappa shape index (κ2) is 5.13. The topological polar surface area (TPSA) is 51.2 Å². The summed E-state index contributed by atoms with van der Waals surface area (Å²) < 4.78 is 6.18. The molecule has 1 aliphatic heterocycles. The first-order valence-electron chi connectivity index (χ1n) is 7.66. The third kappa shape index (κ3) is 1.90. The van der Waals surface area contributed by atoms with Crippen LogP contribution in [0.3, 0.4) is 0 Å². The number of carbonyl (C=O) groups excluding carboxylic acids is 1. The van der Waals surface area contributed by atoms with Crippen LogP contribution in [0.4, 0.5) is 0 Å². The number of ether oxygens (including phenoxy) is 1. The van der Waals surface area contributed by atoms with E-state index in [1.165, 1.54) is 11.1 Å². The first kappa shape index (κ1) is 13.3. The zero-order chi connectivity index (χ0) is 15.1. The van der Waals surface area contributed by atoms with E-state index >= 15 is 0 Å². The maximum atomic E-state index is 12.4. The Kier molecular flexibility index (Phi) is 3.10. The summed E-state index contributed by atoms with van der Waals surface area (Å²) in [6.45, 7) is 0. The first-order chi connectivity index (χ1) is 10.8. The van der Waals surface area contributed by atoms with Crippen LogP contribution >= 0.6 is 0 Å². The normalized spacial score (nSPS) is 28.6. The van der Waals surface area contributed by atoms with Crippen molar-refractivity contribution in [1.29, 1.82) is 0 Å². The Morgan fingerprint density at radius 2 is 2.09 bits per heavy atom. The van der Waals surface area contributed by atoms with Crippen molar-refractivity contribution in [3.05, 3.63) is 59.9 Å². The summed E-state index contributed by atoms with van der Waals surface area (Å²) in [6, 6.07) is 12.2. The molecule has 1 aromatic carbocycles. The van der Waals surface area contributed by atoms with E-state index in [2.05, 4.69) is 22.4 Å². The lowest BCUT2D eigenvalue weighted by Crippen LogP contribution is -2.32. The molecular weight excluding hydrogens is 276 g/mol. The molecule has 4 rings (SSSR count). The lowest BCUT2D eigenvalue weighted by Gasteiger charge is -2.23. The number of hydrogen-bond donors (Lipinski definition) is 1. The molecule has 22 heavy (non-hydrogen) atoms. The Morgan fingerprint density at radius 1 is 1.27 bits per heavy atom. The maximum absolute atomic E-state index is 12.4. The van der Waals surface area contributed by atoms with E-state index < -0.39 is 0 Å². The van der Waals surface area contributed by atoms with E-state index in [0.29, 0.717) is 0 Å². The Hall–Kier alpha value is -2.36. The van der Waals surface area contributed by atoms with Crippen LogP contribution in [-0.4, -0.2) is 24.0 Å². The molecule has 0 radical (unpaired) electrons. The van der Waals surface area contributed by atoms with Gasteiger partial charge in [-0.2, -0.15) is 0 Å². The molecule has 4 heteroatoms. The Morgan fingerprint density at radius 3 is 2.86 bits per heavy atom. The van der Waals surface area contributed by atoms with Gasteiger partial charge in [-0.05, 0) is 18.1 Å². The fourth-order valence-corrected chi connectivity index (χ4v) is 3.99. The van der Waals surface area contributed by atoms with E-state index in [9.17, 15) is 4.79 Å². The molecule has 2 aliphatic rings. The van der Waals surface area contributed by atoms with Gasteiger partial charge in [-0.25, -0.2) is 0 Å². The number of benzene rings is 1. The van der Waals surface area contributed by atoms with Gasteiger partial charge in [0.15, 0.2) is 0 Å². The molecule has 0 saturated heterocycles. The summed E-state index contributed by atoms with van der Waals surface area (Å²) >= 11 is 0. The molecule has 1 amide bonds. The number of pyridine rings is 1. The maximum Gasteiger partial charge on any atom is 0.223 e. The van der Waals surface area contributed by atoms with Gasteiger partial charge in [-0.15, -0.1) is 0 Å². The van der Waals surface area contributed by atoms with Crippen LogP contribution < -0.4 is 10.1 Å². The van der Waals surface area contributed by atoms with Gasteiger partial charge in [0.1, 0.15) is 11.9 Å². The summed E-state index contributed by atoms with van der Waals surface area (Å²) in [6.07, 6.45) is 4.42. The highest BCUT2D eigenvalue weighted by Crippen LogP contribution is 2.55. The quantitative estimate of drug-likeness (QED) is 0.925. The van der Waals surface area contributed by atoms with Crippen LogP contribution in [0.1, 0.15) is 29.4 Å². The lowest BCUT2D eigenvalue weighted by atomic mass is 9.87. The van der Waals surface area contributed by atoms with E-state index in [0.717, 1.165) is 12.2 Å². The van der Waals surface area contributed by atoms with E-state index in [4.69, 9.17) is 4.74 Å². The van der Waals surface area contributed by atoms with Crippen molar-refractivity contribution in [2.24, 2.45) is 5.92 Å². The van der Waals surface area contributed by atoms with Crippen LogP contribution in [0.5, 0.6) is 5.75 Å². The second-order valence-electron chi connectivity index (χ2n) is 6.00. The minimum Gasteiger partial charge on any atom is -0.487 e. The van der Waals surface area contributed by atoms with Gasteiger partial charge in [0.05, 0.1) is 6.20 Å². The summed E-state index contributed by atoms with van der Waals surface area (Å²) in [4.78, 5) is 16.5. The third-order valence-corrected chi connectivity index (χ3v) is 4.94. The molecule has 1 N–H and O–H groups in total. The number of hydrogen-bond acceptors (Lipinski definition) is 3. The zero-order valence-electron chi connectivity index (χ0n) is 12.4. The number of nitrogens with one attached hydrogen (secondary N) is 1. The highest BCUT2D eigenvalue weighted by atomic mass is 16.5. The van der Waals surface area contributed by atoms with Crippen LogP contribution in [0.25, 0.3) is 0 Å². The number of fused-ring (bicyclic) bond motifs is 3. The predicted molar refractivity (Wildman–Crippen MR) is 82.8 cm³/mol. The van der Waals surface area contributed by atoms with E-state index in [1.54, 1.807) is 19.4 Å². The van der Waals surface area contributed by atoms with Gasteiger partial charge in [0.2, 0.25) is 5.91 Å². The average molecular weight is 294 g/mol. The van der Waals surface area contributed by atoms with Gasteiger partial charge in [0.25, 0.3) is 0 Å². The molecule has 4 unspecified atom stereocenters. The Bertz CT molecular complexity index is 701.